The van der Waals surface area contributed by atoms with E-state index in [1.807, 2.05) is 6.92 Å². The predicted octanol–water partition coefficient (Wildman–Crippen LogP) is 1.76. The number of anilines is 2. The smallest absolute Gasteiger partial charge is 0.227 e. The van der Waals surface area contributed by atoms with Gasteiger partial charge in [-0.15, -0.1) is 0 Å². The second kappa shape index (κ2) is 5.09. The molecule has 0 aliphatic heterocycles. The first kappa shape index (κ1) is 11.1. The molecule has 1 aromatic rings. The zero-order chi connectivity index (χ0) is 11.4. The van der Waals surface area contributed by atoms with Gasteiger partial charge in [-0.2, -0.15) is 15.0 Å². The maximum absolute atomic E-state index is 5.64. The maximum Gasteiger partial charge on any atom is 0.227 e. The fraction of sp³-hybridized carbons (Fsp3) is 0.727. The van der Waals surface area contributed by atoms with Crippen LogP contribution in [0.4, 0.5) is 11.9 Å². The first-order valence-electron chi connectivity index (χ1n) is 6.05. The van der Waals surface area contributed by atoms with E-state index in [1.165, 1.54) is 32.1 Å². The van der Waals surface area contributed by atoms with E-state index in [-0.39, 0.29) is 0 Å². The molecule has 3 N–H and O–H groups in total. The second-order valence-corrected chi connectivity index (χ2v) is 4.27. The van der Waals surface area contributed by atoms with E-state index in [4.69, 9.17) is 5.73 Å². The minimum absolute atomic E-state index is 0.310. The van der Waals surface area contributed by atoms with Crippen molar-refractivity contribution in [2.24, 2.45) is 0 Å². The molecule has 5 heteroatoms. The van der Waals surface area contributed by atoms with Crippen LogP contribution in [0, 0.1) is 0 Å². The summed E-state index contributed by atoms with van der Waals surface area (Å²) in [6.07, 6.45) is 7.11. The van der Waals surface area contributed by atoms with Gasteiger partial charge in [0.25, 0.3) is 0 Å². The highest BCUT2D eigenvalue weighted by Crippen LogP contribution is 2.20. The van der Waals surface area contributed by atoms with Gasteiger partial charge in [0.1, 0.15) is 5.82 Å². The third-order valence-electron chi connectivity index (χ3n) is 2.95. The van der Waals surface area contributed by atoms with Crippen molar-refractivity contribution in [1.29, 1.82) is 0 Å². The van der Waals surface area contributed by atoms with Gasteiger partial charge in [-0.3, -0.25) is 0 Å². The summed E-state index contributed by atoms with van der Waals surface area (Å²) in [5.41, 5.74) is 5.64. The molecule has 88 valence electrons. The van der Waals surface area contributed by atoms with Crippen LogP contribution in [-0.4, -0.2) is 21.0 Å². The van der Waals surface area contributed by atoms with Gasteiger partial charge in [0, 0.05) is 12.5 Å². The third-order valence-corrected chi connectivity index (χ3v) is 2.95. The molecule has 1 fully saturated rings. The van der Waals surface area contributed by atoms with E-state index in [2.05, 4.69) is 20.3 Å². The van der Waals surface area contributed by atoms with Crippen molar-refractivity contribution in [2.45, 2.75) is 51.5 Å². The minimum Gasteiger partial charge on any atom is -0.368 e. The van der Waals surface area contributed by atoms with Crippen molar-refractivity contribution in [3.05, 3.63) is 5.82 Å². The van der Waals surface area contributed by atoms with Gasteiger partial charge in [-0.05, 0) is 12.8 Å². The van der Waals surface area contributed by atoms with Crippen molar-refractivity contribution >= 4 is 11.9 Å². The molecule has 5 nitrogen and oxygen atoms in total. The lowest BCUT2D eigenvalue weighted by atomic mass is 9.96. The summed E-state index contributed by atoms with van der Waals surface area (Å²) in [5, 5.41) is 3.35. The largest absolute Gasteiger partial charge is 0.368 e. The summed E-state index contributed by atoms with van der Waals surface area (Å²) in [4.78, 5) is 12.5. The number of hydrogen-bond acceptors (Lipinski definition) is 5. The van der Waals surface area contributed by atoms with Crippen molar-refractivity contribution in [2.75, 3.05) is 11.1 Å². The molecule has 0 radical (unpaired) electrons. The van der Waals surface area contributed by atoms with Crippen LogP contribution in [0.3, 0.4) is 0 Å². The maximum atomic E-state index is 5.64. The topological polar surface area (TPSA) is 76.7 Å². The molecule has 0 amide bonds. The standard InChI is InChI=1S/C11H19N5/c1-2-9-14-10(12)16-11(15-9)13-8-6-4-3-5-7-8/h8H,2-7H2,1H3,(H3,12,13,14,15,16). The molecule has 0 bridgehead atoms. The van der Waals surface area contributed by atoms with Gasteiger partial charge < -0.3 is 11.1 Å². The highest BCUT2D eigenvalue weighted by molar-refractivity contribution is 5.32. The number of nitrogens with one attached hydrogen (secondary N) is 1. The Kier molecular flexibility index (Phi) is 3.54. The van der Waals surface area contributed by atoms with Crippen LogP contribution in [-0.2, 0) is 6.42 Å². The number of nitrogen functional groups attached to an aromatic ring is 1. The average Bonchev–Trinajstić information content (AvgIpc) is 2.29. The monoisotopic (exact) mass is 221 g/mol. The fourth-order valence-electron chi connectivity index (χ4n) is 2.09. The fourth-order valence-corrected chi connectivity index (χ4v) is 2.09. The second-order valence-electron chi connectivity index (χ2n) is 4.27. The summed E-state index contributed by atoms with van der Waals surface area (Å²) in [6, 6.07) is 0.500. The first-order valence-corrected chi connectivity index (χ1v) is 6.05. The van der Waals surface area contributed by atoms with E-state index >= 15 is 0 Å². The number of nitrogens with zero attached hydrogens (tertiary/aromatic N) is 3. The Morgan fingerprint density at radius 1 is 1.19 bits per heavy atom. The summed E-state index contributed by atoms with van der Waals surface area (Å²) >= 11 is 0. The Morgan fingerprint density at radius 3 is 2.62 bits per heavy atom. The molecule has 1 saturated carbocycles. The lowest BCUT2D eigenvalue weighted by Crippen LogP contribution is -2.24. The van der Waals surface area contributed by atoms with Gasteiger partial charge in [-0.25, -0.2) is 0 Å². The summed E-state index contributed by atoms with van der Waals surface area (Å²) < 4.78 is 0. The SMILES string of the molecule is CCc1nc(N)nc(NC2CCCCC2)n1. The van der Waals surface area contributed by atoms with Crippen LogP contribution in [0.2, 0.25) is 0 Å². The normalized spacial score (nSPS) is 17.3. The lowest BCUT2D eigenvalue weighted by Gasteiger charge is -2.22. The Bertz CT molecular complexity index is 346. The van der Waals surface area contributed by atoms with Gasteiger partial charge in [-0.1, -0.05) is 26.2 Å². The summed E-state index contributed by atoms with van der Waals surface area (Å²) in [6.45, 7) is 2.01. The molecule has 2 rings (SSSR count). The number of aromatic nitrogens is 3. The van der Waals surface area contributed by atoms with Crippen molar-refractivity contribution < 1.29 is 0 Å². The molecule has 1 aliphatic rings. The van der Waals surface area contributed by atoms with Gasteiger partial charge in [0.15, 0.2) is 0 Å². The Hall–Kier alpha value is -1.39. The molecule has 1 aliphatic carbocycles. The van der Waals surface area contributed by atoms with Gasteiger partial charge in [0.05, 0.1) is 0 Å². The van der Waals surface area contributed by atoms with Crippen LogP contribution in [0.25, 0.3) is 0 Å². The van der Waals surface area contributed by atoms with E-state index in [0.29, 0.717) is 17.9 Å². The Labute approximate surface area is 95.9 Å². The highest BCUT2D eigenvalue weighted by atomic mass is 15.2. The van der Waals surface area contributed by atoms with Crippen molar-refractivity contribution in [3.8, 4) is 0 Å². The number of nitrogens with two attached hydrogens (primary N) is 1. The summed E-state index contributed by atoms with van der Waals surface area (Å²) in [5.74, 6) is 1.70. The molecule has 0 unspecified atom stereocenters. The van der Waals surface area contributed by atoms with Gasteiger partial charge >= 0.3 is 0 Å². The summed E-state index contributed by atoms with van der Waals surface area (Å²) in [7, 11) is 0. The zero-order valence-corrected chi connectivity index (χ0v) is 9.74. The van der Waals surface area contributed by atoms with E-state index < -0.39 is 0 Å². The zero-order valence-electron chi connectivity index (χ0n) is 9.74. The van der Waals surface area contributed by atoms with Crippen LogP contribution < -0.4 is 11.1 Å². The third kappa shape index (κ3) is 2.81. The molecular formula is C11H19N5. The van der Waals surface area contributed by atoms with Crippen molar-refractivity contribution in [3.63, 3.8) is 0 Å². The van der Waals surface area contributed by atoms with Gasteiger partial charge in [0.2, 0.25) is 11.9 Å². The number of rotatable bonds is 3. The number of aryl methyl sites for hydroxylation is 1. The molecule has 1 heterocycles. The molecular weight excluding hydrogens is 202 g/mol. The lowest BCUT2D eigenvalue weighted by molar-refractivity contribution is 0.460. The average molecular weight is 221 g/mol. The van der Waals surface area contributed by atoms with E-state index in [0.717, 1.165) is 12.2 Å². The van der Waals surface area contributed by atoms with E-state index in [9.17, 15) is 0 Å². The molecule has 0 aromatic carbocycles. The van der Waals surface area contributed by atoms with Crippen molar-refractivity contribution in [1.82, 2.24) is 15.0 Å². The van der Waals surface area contributed by atoms with E-state index in [1.54, 1.807) is 0 Å². The molecule has 0 spiro atoms. The van der Waals surface area contributed by atoms with Crippen LogP contribution in [0.1, 0.15) is 44.9 Å². The van der Waals surface area contributed by atoms with Crippen LogP contribution >= 0.6 is 0 Å². The molecule has 0 saturated heterocycles. The molecule has 0 atom stereocenters. The van der Waals surface area contributed by atoms with Crippen LogP contribution in [0.15, 0.2) is 0 Å². The number of hydrogen-bond donors (Lipinski definition) is 2. The molecule has 1 aromatic heterocycles. The molecule has 16 heavy (non-hydrogen) atoms. The highest BCUT2D eigenvalue weighted by Gasteiger charge is 2.14. The predicted molar refractivity (Wildman–Crippen MR) is 64.1 cm³/mol. The first-order chi connectivity index (χ1) is 7.78. The van der Waals surface area contributed by atoms with Crippen LogP contribution in [0.5, 0.6) is 0 Å². The Balaban J connectivity index is 2.04. The minimum atomic E-state index is 0.310. The Morgan fingerprint density at radius 2 is 1.94 bits per heavy atom. The quantitative estimate of drug-likeness (QED) is 0.813.